The molecule has 3 N–H and O–H groups in total. The number of ether oxygens (including phenoxy) is 4. The fourth-order valence-corrected chi connectivity index (χ4v) is 13.5. The summed E-state index contributed by atoms with van der Waals surface area (Å²) < 4.78 is 68.5. The molecule has 0 radical (unpaired) electrons. The second-order valence-corrected chi connectivity index (χ2v) is 32.7. The highest BCUT2D eigenvalue weighted by atomic mass is 31.2. The van der Waals surface area contributed by atoms with Crippen LogP contribution in [0.2, 0.25) is 0 Å². The fourth-order valence-electron chi connectivity index (χ4n) is 11.9. The summed E-state index contributed by atoms with van der Waals surface area (Å²) in [5.74, 6) is 0.933. The molecule has 0 aromatic rings. The van der Waals surface area contributed by atoms with Crippen LogP contribution < -0.4 is 0 Å². The lowest BCUT2D eigenvalue weighted by molar-refractivity contribution is -0.161. The Morgan fingerprint density at radius 3 is 0.732 bits per heavy atom. The third kappa shape index (κ3) is 70.9. The summed E-state index contributed by atoms with van der Waals surface area (Å²) in [6.07, 6.45) is 52.9. The number of esters is 4. The molecule has 0 saturated carbocycles. The third-order valence-corrected chi connectivity index (χ3v) is 20.3. The van der Waals surface area contributed by atoms with Gasteiger partial charge in [0.1, 0.15) is 19.3 Å². The van der Waals surface area contributed by atoms with Gasteiger partial charge >= 0.3 is 39.5 Å². The molecule has 0 aliphatic rings. The molecule has 19 heteroatoms. The van der Waals surface area contributed by atoms with E-state index in [0.717, 1.165) is 114 Å². The van der Waals surface area contributed by atoms with Crippen molar-refractivity contribution in [1.82, 2.24) is 0 Å². The van der Waals surface area contributed by atoms with E-state index in [2.05, 4.69) is 55.4 Å². The van der Waals surface area contributed by atoms with E-state index >= 15 is 0 Å². The maximum absolute atomic E-state index is 13.1. The first-order valence-corrected chi connectivity index (χ1v) is 43.2. The highest BCUT2D eigenvalue weighted by molar-refractivity contribution is 7.47. The van der Waals surface area contributed by atoms with Gasteiger partial charge in [-0.05, 0) is 49.4 Å². The van der Waals surface area contributed by atoms with Crippen molar-refractivity contribution in [1.29, 1.82) is 0 Å². The molecule has 17 nitrogen and oxygen atoms in total. The van der Waals surface area contributed by atoms with Crippen molar-refractivity contribution in [2.45, 2.75) is 414 Å². The topological polar surface area (TPSA) is 237 Å². The van der Waals surface area contributed by atoms with Crippen LogP contribution in [0.3, 0.4) is 0 Å². The Morgan fingerprint density at radius 1 is 0.289 bits per heavy atom. The van der Waals surface area contributed by atoms with Crippen molar-refractivity contribution < 1.29 is 80.2 Å². The molecule has 97 heavy (non-hydrogen) atoms. The van der Waals surface area contributed by atoms with E-state index in [9.17, 15) is 43.2 Å². The van der Waals surface area contributed by atoms with Gasteiger partial charge in [-0.1, -0.05) is 344 Å². The normalized spacial score (nSPS) is 14.4. The van der Waals surface area contributed by atoms with Crippen molar-refractivity contribution in [2.75, 3.05) is 39.6 Å². The van der Waals surface area contributed by atoms with Gasteiger partial charge in [0, 0.05) is 25.7 Å². The molecule has 0 aliphatic carbocycles. The Labute approximate surface area is 594 Å². The maximum Gasteiger partial charge on any atom is 0.472 e. The fraction of sp³-hybridized carbons (Fsp3) is 0.949. The van der Waals surface area contributed by atoms with Crippen LogP contribution >= 0.6 is 15.6 Å². The van der Waals surface area contributed by atoms with Gasteiger partial charge in [0.15, 0.2) is 12.2 Å². The minimum absolute atomic E-state index is 0.106. The van der Waals surface area contributed by atoms with Gasteiger partial charge in [-0.3, -0.25) is 37.3 Å². The van der Waals surface area contributed by atoms with Gasteiger partial charge in [0.2, 0.25) is 0 Å². The van der Waals surface area contributed by atoms with Crippen LogP contribution in [0.1, 0.15) is 396 Å². The summed E-state index contributed by atoms with van der Waals surface area (Å²) in [6, 6.07) is 0. The van der Waals surface area contributed by atoms with Gasteiger partial charge in [0.25, 0.3) is 0 Å². The van der Waals surface area contributed by atoms with Crippen molar-refractivity contribution in [3.05, 3.63) is 0 Å². The molecule has 0 spiro atoms. The zero-order valence-electron chi connectivity index (χ0n) is 63.7. The molecule has 0 aromatic carbocycles. The molecule has 0 heterocycles. The quantitative estimate of drug-likeness (QED) is 0.0222. The van der Waals surface area contributed by atoms with E-state index in [-0.39, 0.29) is 25.7 Å². The number of carbonyl (C=O) groups excluding carboxylic acids is 4. The van der Waals surface area contributed by atoms with E-state index in [1.165, 1.54) is 193 Å². The minimum Gasteiger partial charge on any atom is -0.462 e. The first-order chi connectivity index (χ1) is 46.6. The molecule has 0 rings (SSSR count). The molecule has 0 aliphatic heterocycles. The van der Waals surface area contributed by atoms with Crippen LogP contribution in [0.4, 0.5) is 0 Å². The molecule has 0 saturated heterocycles. The number of hydrogen-bond acceptors (Lipinski definition) is 15. The Morgan fingerprint density at radius 2 is 0.495 bits per heavy atom. The van der Waals surface area contributed by atoms with E-state index < -0.39 is 97.5 Å². The van der Waals surface area contributed by atoms with Gasteiger partial charge < -0.3 is 33.8 Å². The number of carbonyl (C=O) groups is 4. The number of aliphatic hydroxyl groups is 1. The van der Waals surface area contributed by atoms with Crippen LogP contribution in [-0.2, 0) is 65.4 Å². The summed E-state index contributed by atoms with van der Waals surface area (Å²) in [4.78, 5) is 72.8. The van der Waals surface area contributed by atoms with Crippen molar-refractivity contribution >= 4 is 39.5 Å². The van der Waals surface area contributed by atoms with E-state index in [0.29, 0.717) is 31.6 Å². The van der Waals surface area contributed by atoms with Gasteiger partial charge in [-0.15, -0.1) is 0 Å². The Balaban J connectivity index is 5.18. The summed E-state index contributed by atoms with van der Waals surface area (Å²) >= 11 is 0. The summed E-state index contributed by atoms with van der Waals surface area (Å²) in [6.45, 7) is 14.2. The first kappa shape index (κ1) is 95.1. The standard InChI is InChI=1S/C78H152O17P2/c1-9-71(8)57-49-41-32-28-29-33-42-50-58-75(80)88-64-73(94-77(82)61-53-45-35-27-23-19-18-21-25-31-39-47-55-69(4)5)66-92-96(84,85)90-62-72(79)63-91-97(86,87)93-67-74(65-89-76(81)59-51-43-37-36-40-48-56-70(6)7)95-78(83)60-52-44-34-26-22-17-15-13-11-10-12-14-16-20-24-30-38-46-54-68(2)3/h68-74,79H,9-67H2,1-8H3,(H,84,85)(H,86,87)/t71?,72?,73-,74-/m1/s1. The minimum atomic E-state index is -4.96. The highest BCUT2D eigenvalue weighted by Crippen LogP contribution is 2.45. The Kier molecular flexibility index (Phi) is 65.9. The van der Waals surface area contributed by atoms with E-state index in [1.54, 1.807) is 0 Å². The zero-order valence-corrected chi connectivity index (χ0v) is 65.5. The number of unbranched alkanes of at least 4 members (excludes halogenated alkanes) is 40. The average Bonchev–Trinajstić information content (AvgIpc) is 1.03. The number of phosphoric ester groups is 2. The van der Waals surface area contributed by atoms with Crippen LogP contribution in [0.25, 0.3) is 0 Å². The summed E-state index contributed by atoms with van der Waals surface area (Å²) in [5.41, 5.74) is 0. The predicted octanol–water partition coefficient (Wildman–Crippen LogP) is 22.8. The second kappa shape index (κ2) is 67.2. The molecule has 0 fully saturated rings. The van der Waals surface area contributed by atoms with Crippen LogP contribution in [-0.4, -0.2) is 96.7 Å². The lowest BCUT2D eigenvalue weighted by Gasteiger charge is -2.21. The monoisotopic (exact) mass is 1420 g/mol. The van der Waals surface area contributed by atoms with Crippen LogP contribution in [0, 0.1) is 23.7 Å². The van der Waals surface area contributed by atoms with Crippen molar-refractivity contribution in [3.63, 3.8) is 0 Å². The Bertz CT molecular complexity index is 1900. The Hall–Kier alpha value is -1.94. The molecule has 0 amide bonds. The number of rotatable bonds is 75. The molecule has 4 unspecified atom stereocenters. The zero-order chi connectivity index (χ0) is 71.7. The lowest BCUT2D eigenvalue weighted by atomic mass is 9.99. The molecule has 0 aromatic heterocycles. The third-order valence-electron chi connectivity index (χ3n) is 18.4. The predicted molar refractivity (Wildman–Crippen MR) is 395 cm³/mol. The van der Waals surface area contributed by atoms with E-state index in [1.807, 2.05) is 0 Å². The van der Waals surface area contributed by atoms with Gasteiger partial charge in [-0.25, -0.2) is 9.13 Å². The SMILES string of the molecule is CCC(C)CCCCCCCCCCC(=O)OC[C@H](COP(=O)(O)OCC(O)COP(=O)(O)OC[C@@H](COC(=O)CCCCCCCCC(C)C)OC(=O)CCCCCCCCCCCCCCCCCCCCC(C)C)OC(=O)CCCCCCCCCCCCCCC(C)C. The van der Waals surface area contributed by atoms with Gasteiger partial charge in [-0.2, -0.15) is 0 Å². The molecule has 0 bridgehead atoms. The molecular weight excluding hydrogens is 1270 g/mol. The van der Waals surface area contributed by atoms with Gasteiger partial charge in [0.05, 0.1) is 26.4 Å². The van der Waals surface area contributed by atoms with Crippen molar-refractivity contribution in [3.8, 4) is 0 Å². The molecule has 6 atom stereocenters. The number of phosphoric acid groups is 2. The average molecular weight is 1420 g/mol. The smallest absolute Gasteiger partial charge is 0.462 e. The van der Waals surface area contributed by atoms with Crippen LogP contribution in [0.5, 0.6) is 0 Å². The number of hydrogen-bond donors (Lipinski definition) is 3. The van der Waals surface area contributed by atoms with Crippen LogP contribution in [0.15, 0.2) is 0 Å². The molecular formula is C78H152O17P2. The number of aliphatic hydroxyl groups excluding tert-OH is 1. The summed E-state index contributed by atoms with van der Waals surface area (Å²) in [7, 11) is -9.92. The first-order valence-electron chi connectivity index (χ1n) is 40.2. The second-order valence-electron chi connectivity index (χ2n) is 29.8. The largest absolute Gasteiger partial charge is 0.472 e. The highest BCUT2D eigenvalue weighted by Gasteiger charge is 2.30. The van der Waals surface area contributed by atoms with E-state index in [4.69, 9.17) is 37.0 Å². The lowest BCUT2D eigenvalue weighted by Crippen LogP contribution is -2.30. The van der Waals surface area contributed by atoms with Crippen molar-refractivity contribution in [2.24, 2.45) is 23.7 Å². The maximum atomic E-state index is 13.1. The summed E-state index contributed by atoms with van der Waals surface area (Å²) in [5, 5.41) is 10.6. The molecule has 576 valence electrons.